The topological polar surface area (TPSA) is 46.0 Å². The monoisotopic (exact) mass is 236 g/mol. The van der Waals surface area contributed by atoms with E-state index < -0.39 is 6.10 Å². The zero-order valence-corrected chi connectivity index (χ0v) is 9.69. The molecule has 3 rings (SSSR count). The molecule has 1 unspecified atom stereocenters. The second-order valence-corrected chi connectivity index (χ2v) is 4.14. The third-order valence-electron chi connectivity index (χ3n) is 2.99. The molecule has 1 atom stereocenters. The smallest absolute Gasteiger partial charge is 0.108 e. The standard InChI is InChI=1S/C15H12N2O/c18-15(12-5-3-7-16-9-12)14-10-17-8-11-4-1-2-6-13(11)14/h1-10,15,18H. The van der Waals surface area contributed by atoms with Gasteiger partial charge >= 0.3 is 0 Å². The van der Waals surface area contributed by atoms with Crippen molar-refractivity contribution in [2.75, 3.05) is 0 Å². The molecule has 2 aromatic heterocycles. The lowest BCUT2D eigenvalue weighted by Gasteiger charge is -2.13. The zero-order chi connectivity index (χ0) is 12.4. The fraction of sp³-hybridized carbons (Fsp3) is 0.0667. The molecule has 0 spiro atoms. The van der Waals surface area contributed by atoms with Gasteiger partial charge in [-0.05, 0) is 11.5 Å². The Bertz CT molecular complexity index is 662. The summed E-state index contributed by atoms with van der Waals surface area (Å²) in [7, 11) is 0. The van der Waals surface area contributed by atoms with Crippen molar-refractivity contribution < 1.29 is 5.11 Å². The molecule has 3 aromatic rings. The van der Waals surface area contributed by atoms with Crippen LogP contribution < -0.4 is 0 Å². The summed E-state index contributed by atoms with van der Waals surface area (Å²) in [6, 6.07) is 11.6. The third-order valence-corrected chi connectivity index (χ3v) is 2.99. The summed E-state index contributed by atoms with van der Waals surface area (Å²) in [6.45, 7) is 0. The molecule has 0 saturated heterocycles. The summed E-state index contributed by atoms with van der Waals surface area (Å²) >= 11 is 0. The molecule has 0 fully saturated rings. The van der Waals surface area contributed by atoms with Crippen molar-refractivity contribution in [2.45, 2.75) is 6.10 Å². The Hall–Kier alpha value is -2.26. The third kappa shape index (κ3) is 1.85. The molecule has 3 heteroatoms. The van der Waals surface area contributed by atoms with Crippen LogP contribution in [0.5, 0.6) is 0 Å². The number of hydrogen-bond acceptors (Lipinski definition) is 3. The SMILES string of the molecule is OC(c1cccnc1)c1cncc2ccccc12. The first-order valence-electron chi connectivity index (χ1n) is 5.77. The average Bonchev–Trinajstić information content (AvgIpc) is 2.47. The molecule has 0 saturated carbocycles. The van der Waals surface area contributed by atoms with Crippen molar-refractivity contribution in [2.24, 2.45) is 0 Å². The number of aromatic nitrogens is 2. The summed E-state index contributed by atoms with van der Waals surface area (Å²) in [5, 5.41) is 12.5. The molecule has 3 nitrogen and oxygen atoms in total. The fourth-order valence-electron chi connectivity index (χ4n) is 2.08. The van der Waals surface area contributed by atoms with Gasteiger partial charge in [0.2, 0.25) is 0 Å². The Kier molecular flexibility index (Phi) is 2.74. The van der Waals surface area contributed by atoms with Gasteiger partial charge in [0.15, 0.2) is 0 Å². The predicted molar refractivity (Wildman–Crippen MR) is 70.0 cm³/mol. The van der Waals surface area contributed by atoms with E-state index in [1.54, 1.807) is 24.8 Å². The van der Waals surface area contributed by atoms with Crippen molar-refractivity contribution in [3.05, 3.63) is 72.3 Å². The second kappa shape index (κ2) is 4.55. The normalized spacial score (nSPS) is 12.5. The van der Waals surface area contributed by atoms with Crippen LogP contribution in [0.3, 0.4) is 0 Å². The number of hydrogen-bond donors (Lipinski definition) is 1. The van der Waals surface area contributed by atoms with E-state index in [2.05, 4.69) is 9.97 Å². The summed E-state index contributed by atoms with van der Waals surface area (Å²) in [6.07, 6.45) is 6.18. The first-order chi connectivity index (χ1) is 8.86. The van der Waals surface area contributed by atoms with E-state index >= 15 is 0 Å². The van der Waals surface area contributed by atoms with Gasteiger partial charge in [-0.15, -0.1) is 0 Å². The van der Waals surface area contributed by atoms with Crippen LogP contribution in [0.1, 0.15) is 17.2 Å². The molecule has 1 N–H and O–H groups in total. The van der Waals surface area contributed by atoms with Gasteiger partial charge in [0.25, 0.3) is 0 Å². The largest absolute Gasteiger partial charge is 0.384 e. The maximum absolute atomic E-state index is 10.4. The van der Waals surface area contributed by atoms with Crippen LogP contribution in [0.2, 0.25) is 0 Å². The Morgan fingerprint density at radius 2 is 1.78 bits per heavy atom. The van der Waals surface area contributed by atoms with Crippen molar-refractivity contribution in [1.29, 1.82) is 0 Å². The van der Waals surface area contributed by atoms with Gasteiger partial charge in [-0.1, -0.05) is 30.3 Å². The maximum Gasteiger partial charge on any atom is 0.108 e. The highest BCUT2D eigenvalue weighted by atomic mass is 16.3. The molecular weight excluding hydrogens is 224 g/mol. The summed E-state index contributed by atoms with van der Waals surface area (Å²) in [5.41, 5.74) is 1.58. The average molecular weight is 236 g/mol. The minimum Gasteiger partial charge on any atom is -0.384 e. The van der Waals surface area contributed by atoms with Crippen molar-refractivity contribution in [3.8, 4) is 0 Å². The number of nitrogens with zero attached hydrogens (tertiary/aromatic N) is 2. The Morgan fingerprint density at radius 3 is 2.61 bits per heavy atom. The summed E-state index contributed by atoms with van der Waals surface area (Å²) < 4.78 is 0. The number of fused-ring (bicyclic) bond motifs is 1. The van der Waals surface area contributed by atoms with Crippen LogP contribution in [0.15, 0.2) is 61.2 Å². The van der Waals surface area contributed by atoms with Gasteiger partial charge in [-0.2, -0.15) is 0 Å². The van der Waals surface area contributed by atoms with Gasteiger partial charge in [-0.25, -0.2) is 0 Å². The van der Waals surface area contributed by atoms with Crippen LogP contribution in [0.4, 0.5) is 0 Å². The van der Waals surface area contributed by atoms with Crippen LogP contribution >= 0.6 is 0 Å². The van der Waals surface area contributed by atoms with Crippen molar-refractivity contribution in [3.63, 3.8) is 0 Å². The van der Waals surface area contributed by atoms with E-state index in [0.717, 1.165) is 21.9 Å². The Balaban J connectivity index is 2.15. The van der Waals surface area contributed by atoms with E-state index in [4.69, 9.17) is 0 Å². The van der Waals surface area contributed by atoms with E-state index in [1.165, 1.54) is 0 Å². The molecule has 0 aliphatic heterocycles. The molecule has 0 aliphatic rings. The molecule has 0 aliphatic carbocycles. The number of aliphatic hydroxyl groups is 1. The minimum absolute atomic E-state index is 0.697. The number of aliphatic hydroxyl groups excluding tert-OH is 1. The minimum atomic E-state index is -0.697. The van der Waals surface area contributed by atoms with E-state index in [-0.39, 0.29) is 0 Å². The first-order valence-corrected chi connectivity index (χ1v) is 5.77. The zero-order valence-electron chi connectivity index (χ0n) is 9.69. The first kappa shape index (κ1) is 10.9. The number of rotatable bonds is 2. The highest BCUT2D eigenvalue weighted by Crippen LogP contribution is 2.27. The fourth-order valence-corrected chi connectivity index (χ4v) is 2.08. The summed E-state index contributed by atoms with van der Waals surface area (Å²) in [4.78, 5) is 8.21. The lowest BCUT2D eigenvalue weighted by Crippen LogP contribution is -2.01. The quantitative estimate of drug-likeness (QED) is 0.744. The molecule has 0 bridgehead atoms. The van der Waals surface area contributed by atoms with E-state index in [1.807, 2.05) is 36.4 Å². The van der Waals surface area contributed by atoms with Gasteiger partial charge in [-0.3, -0.25) is 9.97 Å². The molecular formula is C15H12N2O. The van der Waals surface area contributed by atoms with E-state index in [9.17, 15) is 5.11 Å². The van der Waals surface area contributed by atoms with Gasteiger partial charge in [0.05, 0.1) is 0 Å². The van der Waals surface area contributed by atoms with Gasteiger partial charge in [0, 0.05) is 41.3 Å². The van der Waals surface area contributed by atoms with Gasteiger partial charge in [0.1, 0.15) is 6.10 Å². The molecule has 0 amide bonds. The van der Waals surface area contributed by atoms with Gasteiger partial charge < -0.3 is 5.11 Å². The molecule has 0 radical (unpaired) electrons. The highest BCUT2D eigenvalue weighted by Gasteiger charge is 2.13. The number of benzene rings is 1. The molecule has 88 valence electrons. The van der Waals surface area contributed by atoms with Crippen molar-refractivity contribution in [1.82, 2.24) is 9.97 Å². The second-order valence-electron chi connectivity index (χ2n) is 4.14. The van der Waals surface area contributed by atoms with Crippen LogP contribution in [-0.2, 0) is 0 Å². The molecule has 2 heterocycles. The Labute approximate surface area is 105 Å². The Morgan fingerprint density at radius 1 is 0.889 bits per heavy atom. The lowest BCUT2D eigenvalue weighted by atomic mass is 9.99. The molecule has 18 heavy (non-hydrogen) atoms. The van der Waals surface area contributed by atoms with Crippen LogP contribution in [0, 0.1) is 0 Å². The highest BCUT2D eigenvalue weighted by molar-refractivity contribution is 5.85. The van der Waals surface area contributed by atoms with Crippen LogP contribution in [0.25, 0.3) is 10.8 Å². The number of pyridine rings is 2. The van der Waals surface area contributed by atoms with E-state index in [0.29, 0.717) is 0 Å². The molecule has 1 aromatic carbocycles. The lowest BCUT2D eigenvalue weighted by molar-refractivity contribution is 0.221. The van der Waals surface area contributed by atoms with Crippen LogP contribution in [-0.4, -0.2) is 15.1 Å². The predicted octanol–water partition coefficient (Wildman–Crippen LogP) is 2.71. The van der Waals surface area contributed by atoms with Crippen molar-refractivity contribution >= 4 is 10.8 Å². The summed E-state index contributed by atoms with van der Waals surface area (Å²) in [5.74, 6) is 0. The maximum atomic E-state index is 10.4.